The topological polar surface area (TPSA) is 46.5 Å². The van der Waals surface area contributed by atoms with Gasteiger partial charge in [0.15, 0.2) is 6.10 Å². The van der Waals surface area contributed by atoms with E-state index in [0.29, 0.717) is 4.48 Å². The van der Waals surface area contributed by atoms with Crippen molar-refractivity contribution in [3.63, 3.8) is 0 Å². The third-order valence-corrected chi connectivity index (χ3v) is 2.06. The normalized spacial score (nSPS) is 25.8. The fourth-order valence-corrected chi connectivity index (χ4v) is 1.26. The number of aliphatic hydroxyl groups excluding tert-OH is 1. The molecule has 3 nitrogen and oxygen atoms in total. The fourth-order valence-electron chi connectivity index (χ4n) is 0.901. The van der Waals surface area contributed by atoms with Crippen LogP contribution in [0.2, 0.25) is 0 Å². The van der Waals surface area contributed by atoms with Gasteiger partial charge >= 0.3 is 5.97 Å². The lowest BCUT2D eigenvalue weighted by molar-refractivity contribution is -0.141. The first kappa shape index (κ1) is 9.48. The number of ether oxygens (including phenoxy) is 1. The molecule has 1 rings (SSSR count). The molecule has 0 amide bonds. The van der Waals surface area contributed by atoms with Gasteiger partial charge in [-0.15, -0.1) is 0 Å². The first-order valence-corrected chi connectivity index (χ1v) is 4.33. The summed E-state index contributed by atoms with van der Waals surface area (Å²) in [6, 6.07) is 0. The fraction of sp³-hybridized carbons (Fsp3) is 0.375. The highest BCUT2D eigenvalue weighted by Crippen LogP contribution is 2.21. The zero-order valence-corrected chi connectivity index (χ0v) is 8.11. The average molecular weight is 233 g/mol. The Hall–Kier alpha value is -0.610. The van der Waals surface area contributed by atoms with Gasteiger partial charge in [0.2, 0.25) is 0 Å². The van der Waals surface area contributed by atoms with Crippen LogP contribution in [-0.4, -0.2) is 23.3 Å². The molecule has 0 saturated carbocycles. The quantitative estimate of drug-likeness (QED) is 0.574. The SMILES string of the molecule is C/C=C/[C@@H](O)[C@@H]1C=C(Br)C(=O)O1. The number of carbonyl (C=O) groups is 1. The van der Waals surface area contributed by atoms with Crippen LogP contribution in [-0.2, 0) is 9.53 Å². The lowest BCUT2D eigenvalue weighted by Gasteiger charge is -2.11. The summed E-state index contributed by atoms with van der Waals surface area (Å²) in [4.78, 5) is 10.8. The summed E-state index contributed by atoms with van der Waals surface area (Å²) >= 11 is 3.01. The van der Waals surface area contributed by atoms with Gasteiger partial charge in [-0.1, -0.05) is 12.2 Å². The Morgan fingerprint density at radius 2 is 2.50 bits per heavy atom. The summed E-state index contributed by atoms with van der Waals surface area (Å²) in [6.07, 6.45) is 3.52. The largest absolute Gasteiger partial charge is 0.451 e. The minimum atomic E-state index is -0.756. The third kappa shape index (κ3) is 1.95. The molecule has 12 heavy (non-hydrogen) atoms. The smallest absolute Gasteiger partial charge is 0.345 e. The van der Waals surface area contributed by atoms with Crippen LogP contribution in [0.3, 0.4) is 0 Å². The summed E-state index contributed by atoms with van der Waals surface area (Å²) in [5.41, 5.74) is 0. The van der Waals surface area contributed by atoms with Crippen LogP contribution in [0.4, 0.5) is 0 Å². The molecule has 66 valence electrons. The molecule has 0 radical (unpaired) electrons. The van der Waals surface area contributed by atoms with Crippen LogP contribution >= 0.6 is 15.9 Å². The highest BCUT2D eigenvalue weighted by Gasteiger charge is 2.27. The van der Waals surface area contributed by atoms with E-state index in [1.54, 1.807) is 25.2 Å². The first-order valence-electron chi connectivity index (χ1n) is 3.54. The van der Waals surface area contributed by atoms with E-state index >= 15 is 0 Å². The number of carbonyl (C=O) groups excluding carboxylic acids is 1. The minimum Gasteiger partial charge on any atom is -0.451 e. The highest BCUT2D eigenvalue weighted by atomic mass is 79.9. The standard InChI is InChI=1S/C8H9BrO3/c1-2-3-6(10)7-4-5(9)8(11)12-7/h2-4,6-7,10H,1H3/b3-2+/t6-,7+/m1/s1. The maximum Gasteiger partial charge on any atom is 0.345 e. The van der Waals surface area contributed by atoms with Crippen LogP contribution in [0, 0.1) is 0 Å². The van der Waals surface area contributed by atoms with E-state index in [1.807, 2.05) is 0 Å². The van der Waals surface area contributed by atoms with Gasteiger partial charge in [0.1, 0.15) is 10.6 Å². The second-order valence-corrected chi connectivity index (χ2v) is 3.26. The second-order valence-electron chi connectivity index (χ2n) is 2.40. The van der Waals surface area contributed by atoms with Gasteiger partial charge in [0.05, 0.1) is 0 Å². The number of hydrogen-bond donors (Lipinski definition) is 1. The second kappa shape index (κ2) is 3.87. The number of aliphatic hydroxyl groups is 1. The van der Waals surface area contributed by atoms with Crippen LogP contribution in [0.25, 0.3) is 0 Å². The van der Waals surface area contributed by atoms with E-state index in [1.165, 1.54) is 0 Å². The molecule has 2 atom stereocenters. The monoisotopic (exact) mass is 232 g/mol. The third-order valence-electron chi connectivity index (χ3n) is 1.47. The van der Waals surface area contributed by atoms with E-state index in [2.05, 4.69) is 15.9 Å². The molecule has 4 heteroatoms. The van der Waals surface area contributed by atoms with Crippen molar-refractivity contribution in [2.45, 2.75) is 19.1 Å². The molecule has 0 bridgehead atoms. The zero-order valence-electron chi connectivity index (χ0n) is 6.53. The number of allylic oxidation sites excluding steroid dienone is 1. The molecule has 1 aliphatic rings. The molecule has 0 aromatic carbocycles. The Balaban J connectivity index is 2.63. The van der Waals surface area contributed by atoms with Crippen LogP contribution < -0.4 is 0 Å². The van der Waals surface area contributed by atoms with Gasteiger partial charge in [0.25, 0.3) is 0 Å². The first-order chi connectivity index (χ1) is 5.65. The Bertz CT molecular complexity index is 245. The van der Waals surface area contributed by atoms with Crippen molar-refractivity contribution >= 4 is 21.9 Å². The zero-order chi connectivity index (χ0) is 9.14. The lowest BCUT2D eigenvalue weighted by Crippen LogP contribution is -2.23. The molecule has 0 aromatic rings. The molecule has 1 aliphatic heterocycles. The predicted octanol–water partition coefficient (Wildman–Crippen LogP) is 1.13. The van der Waals surface area contributed by atoms with Gasteiger partial charge < -0.3 is 9.84 Å². The molecule has 0 spiro atoms. The Morgan fingerprint density at radius 3 is 2.92 bits per heavy atom. The van der Waals surface area contributed by atoms with E-state index in [-0.39, 0.29) is 0 Å². The van der Waals surface area contributed by atoms with Crippen molar-refractivity contribution in [2.24, 2.45) is 0 Å². The molecule has 0 fully saturated rings. The number of rotatable bonds is 2. The van der Waals surface area contributed by atoms with Crippen molar-refractivity contribution in [1.29, 1.82) is 0 Å². The van der Waals surface area contributed by atoms with E-state index in [4.69, 9.17) is 4.74 Å². The Kier molecular flexibility index (Phi) is 3.05. The maximum atomic E-state index is 10.8. The molecule has 0 saturated heterocycles. The van der Waals surface area contributed by atoms with Gasteiger partial charge in [-0.3, -0.25) is 0 Å². The van der Waals surface area contributed by atoms with Gasteiger partial charge in [-0.05, 0) is 28.9 Å². The number of cyclic esters (lactones) is 1. The van der Waals surface area contributed by atoms with Crippen LogP contribution in [0.1, 0.15) is 6.92 Å². The molecular formula is C8H9BrO3. The summed E-state index contributed by atoms with van der Waals surface area (Å²) in [5.74, 6) is -0.427. The lowest BCUT2D eigenvalue weighted by atomic mass is 10.2. The summed E-state index contributed by atoms with van der Waals surface area (Å²) < 4.78 is 5.18. The van der Waals surface area contributed by atoms with Crippen molar-refractivity contribution in [3.8, 4) is 0 Å². The van der Waals surface area contributed by atoms with Crippen molar-refractivity contribution in [1.82, 2.24) is 0 Å². The number of halogens is 1. The maximum absolute atomic E-state index is 10.8. The minimum absolute atomic E-state index is 0.371. The number of hydrogen-bond acceptors (Lipinski definition) is 3. The predicted molar refractivity (Wildman–Crippen MR) is 47.7 cm³/mol. The Labute approximate surface area is 78.8 Å². The van der Waals surface area contributed by atoms with Gasteiger partial charge in [-0.25, -0.2) is 4.79 Å². The molecular weight excluding hydrogens is 224 g/mol. The highest BCUT2D eigenvalue weighted by molar-refractivity contribution is 9.12. The Morgan fingerprint density at radius 1 is 1.83 bits per heavy atom. The van der Waals surface area contributed by atoms with E-state index in [9.17, 15) is 9.90 Å². The van der Waals surface area contributed by atoms with Crippen LogP contribution in [0.15, 0.2) is 22.7 Å². The van der Waals surface area contributed by atoms with E-state index < -0.39 is 18.2 Å². The van der Waals surface area contributed by atoms with Crippen molar-refractivity contribution in [2.75, 3.05) is 0 Å². The summed E-state index contributed by atoms with van der Waals surface area (Å²) in [5, 5.41) is 9.36. The molecule has 0 aromatic heterocycles. The van der Waals surface area contributed by atoms with Crippen LogP contribution in [0.5, 0.6) is 0 Å². The van der Waals surface area contributed by atoms with Gasteiger partial charge in [0, 0.05) is 0 Å². The van der Waals surface area contributed by atoms with Crippen molar-refractivity contribution in [3.05, 3.63) is 22.7 Å². The molecule has 0 aliphatic carbocycles. The molecule has 1 heterocycles. The molecule has 0 unspecified atom stereocenters. The summed E-state index contributed by atoms with van der Waals surface area (Å²) in [7, 11) is 0. The average Bonchev–Trinajstić information content (AvgIpc) is 2.33. The summed E-state index contributed by atoms with van der Waals surface area (Å²) in [6.45, 7) is 1.79. The van der Waals surface area contributed by atoms with Gasteiger partial charge in [-0.2, -0.15) is 0 Å². The number of esters is 1. The van der Waals surface area contributed by atoms with E-state index in [0.717, 1.165) is 0 Å². The molecule has 1 N–H and O–H groups in total. The van der Waals surface area contributed by atoms with Crippen molar-refractivity contribution < 1.29 is 14.6 Å².